The number of fused-ring (bicyclic) bond motifs is 8. The molecule has 12 heteroatoms. The second kappa shape index (κ2) is 13.2. The molecule has 0 spiro atoms. The van der Waals surface area contributed by atoms with E-state index in [-0.39, 0.29) is 38.1 Å². The molecule has 0 saturated carbocycles. The molecule has 5 heterocycles. The molecule has 248 valence electrons. The summed E-state index contributed by atoms with van der Waals surface area (Å²) in [6, 6.07) is 19.3. The van der Waals surface area contributed by atoms with Crippen LogP contribution >= 0.6 is 0 Å². The van der Waals surface area contributed by atoms with Gasteiger partial charge in [0.05, 0.1) is 36.3 Å². The molecule has 3 aliphatic rings. The van der Waals surface area contributed by atoms with Gasteiger partial charge in [0.1, 0.15) is 29.2 Å². The van der Waals surface area contributed by atoms with Crippen molar-refractivity contribution in [1.82, 2.24) is 25.5 Å². The lowest BCUT2D eigenvalue weighted by Crippen LogP contribution is -2.45. The number of aryl methyl sites for hydroxylation is 1. The first-order valence-electron chi connectivity index (χ1n) is 15.7. The van der Waals surface area contributed by atoms with Crippen LogP contribution in [0.5, 0.6) is 17.2 Å². The molecule has 0 unspecified atom stereocenters. The summed E-state index contributed by atoms with van der Waals surface area (Å²) in [5.41, 5.74) is 3.78. The molecule has 3 aromatic carbocycles. The molecule has 2 aromatic heterocycles. The number of nitrogens with zero attached hydrogens (tertiary/aromatic N) is 3. The molecule has 5 aromatic rings. The van der Waals surface area contributed by atoms with Gasteiger partial charge in [0, 0.05) is 59.8 Å². The number of carbonyl (C=O) groups is 3. The van der Waals surface area contributed by atoms with Crippen LogP contribution in [0.1, 0.15) is 32.0 Å². The monoisotopic (exact) mass is 661 g/mol. The third-order valence-corrected chi connectivity index (χ3v) is 8.56. The van der Waals surface area contributed by atoms with Gasteiger partial charge in [0.15, 0.2) is 6.61 Å². The summed E-state index contributed by atoms with van der Waals surface area (Å²) in [7, 11) is 1.52. The summed E-state index contributed by atoms with van der Waals surface area (Å²) in [4.78, 5) is 50.8. The summed E-state index contributed by atoms with van der Waals surface area (Å²) in [6.07, 6.45) is 2.46. The predicted molar refractivity (Wildman–Crippen MR) is 178 cm³/mol. The predicted octanol–water partition coefficient (Wildman–Crippen LogP) is 4.46. The number of amides is 3. The Hall–Kier alpha value is -6.04. The lowest BCUT2D eigenvalue weighted by molar-refractivity contribution is -0.123. The van der Waals surface area contributed by atoms with Gasteiger partial charge >= 0.3 is 0 Å². The molecule has 0 aliphatic carbocycles. The van der Waals surface area contributed by atoms with Crippen LogP contribution in [0.15, 0.2) is 85.2 Å². The Morgan fingerprint density at radius 2 is 1.82 bits per heavy atom. The number of hydrogen-bond donors (Lipinski definition) is 2. The van der Waals surface area contributed by atoms with E-state index in [0.29, 0.717) is 50.5 Å². The second-order valence-corrected chi connectivity index (χ2v) is 11.9. The van der Waals surface area contributed by atoms with Gasteiger partial charge in [-0.3, -0.25) is 24.4 Å². The van der Waals surface area contributed by atoms with E-state index in [1.165, 1.54) is 25.4 Å². The maximum Gasteiger partial charge on any atom is 0.258 e. The molecule has 6 bridgehead atoms. The van der Waals surface area contributed by atoms with E-state index in [1.54, 1.807) is 72.6 Å². The Balaban J connectivity index is 1.24. The van der Waals surface area contributed by atoms with Gasteiger partial charge in [-0.05, 0) is 61.0 Å². The lowest BCUT2D eigenvalue weighted by Gasteiger charge is -2.22. The number of hydrogen-bond acceptors (Lipinski definition) is 8. The highest BCUT2D eigenvalue weighted by atomic mass is 19.1. The van der Waals surface area contributed by atoms with E-state index in [2.05, 4.69) is 20.6 Å². The number of benzene rings is 3. The van der Waals surface area contributed by atoms with E-state index < -0.39 is 23.9 Å². The summed E-state index contributed by atoms with van der Waals surface area (Å²) in [6.45, 7) is 2.04. The Morgan fingerprint density at radius 3 is 2.67 bits per heavy atom. The van der Waals surface area contributed by atoms with Crippen molar-refractivity contribution >= 4 is 28.6 Å². The van der Waals surface area contributed by atoms with Crippen molar-refractivity contribution in [2.45, 2.75) is 25.6 Å². The van der Waals surface area contributed by atoms with Crippen LogP contribution < -0.4 is 24.8 Å². The number of halogens is 1. The first-order valence-corrected chi connectivity index (χ1v) is 15.7. The van der Waals surface area contributed by atoms with Crippen LogP contribution in [0, 0.1) is 12.7 Å². The zero-order valence-corrected chi connectivity index (χ0v) is 26.7. The first kappa shape index (κ1) is 31.6. The Morgan fingerprint density at radius 1 is 0.959 bits per heavy atom. The molecular weight excluding hydrogens is 629 g/mol. The highest BCUT2D eigenvalue weighted by Gasteiger charge is 2.39. The van der Waals surface area contributed by atoms with Crippen LogP contribution in [-0.2, 0) is 11.3 Å². The van der Waals surface area contributed by atoms with E-state index in [1.807, 2.05) is 6.07 Å². The molecule has 8 rings (SSSR count). The SMILES string of the molecule is COc1cc2ccc1CNC(=O)COc1cccc(c1)-c1cncc(c1)C(=O)N[C@H]1CN(C(=O)c3cc(C)nc4cc(F)ccc34)C[C@@H]1O2. The third kappa shape index (κ3) is 6.71. The molecule has 2 N–H and O–H groups in total. The summed E-state index contributed by atoms with van der Waals surface area (Å²) >= 11 is 0. The summed E-state index contributed by atoms with van der Waals surface area (Å²) in [5.74, 6) is -0.0354. The fourth-order valence-corrected chi connectivity index (χ4v) is 6.13. The molecule has 3 aliphatic heterocycles. The highest BCUT2D eigenvalue weighted by Crippen LogP contribution is 2.30. The van der Waals surface area contributed by atoms with Gasteiger partial charge in [0.25, 0.3) is 17.7 Å². The number of carbonyl (C=O) groups excluding carboxylic acids is 3. The highest BCUT2D eigenvalue weighted by molar-refractivity contribution is 6.06. The number of ether oxygens (including phenoxy) is 3. The number of likely N-dealkylation sites (tertiary alicyclic amines) is 1. The van der Waals surface area contributed by atoms with Crippen molar-refractivity contribution < 1.29 is 33.0 Å². The normalized spacial score (nSPS) is 17.7. The van der Waals surface area contributed by atoms with E-state index >= 15 is 0 Å². The first-order chi connectivity index (χ1) is 23.7. The average molecular weight is 662 g/mol. The van der Waals surface area contributed by atoms with Crippen LogP contribution in [0.25, 0.3) is 22.0 Å². The van der Waals surface area contributed by atoms with Crippen LogP contribution in [0.2, 0.25) is 0 Å². The van der Waals surface area contributed by atoms with Crippen molar-refractivity contribution in [1.29, 1.82) is 0 Å². The summed E-state index contributed by atoms with van der Waals surface area (Å²) in [5, 5.41) is 6.45. The third-order valence-electron chi connectivity index (χ3n) is 8.56. The largest absolute Gasteiger partial charge is 0.496 e. The number of nitrogens with one attached hydrogen (secondary N) is 2. The zero-order chi connectivity index (χ0) is 34.1. The van der Waals surface area contributed by atoms with Gasteiger partial charge in [0.2, 0.25) is 0 Å². The van der Waals surface area contributed by atoms with Crippen molar-refractivity contribution in [3.63, 3.8) is 0 Å². The van der Waals surface area contributed by atoms with E-state index in [4.69, 9.17) is 14.2 Å². The van der Waals surface area contributed by atoms with Gasteiger partial charge in [-0.15, -0.1) is 0 Å². The summed E-state index contributed by atoms with van der Waals surface area (Å²) < 4.78 is 31.8. The lowest BCUT2D eigenvalue weighted by atomic mass is 10.1. The Kier molecular flexibility index (Phi) is 8.52. The van der Waals surface area contributed by atoms with Gasteiger partial charge < -0.3 is 29.7 Å². The minimum atomic E-state index is -0.648. The van der Waals surface area contributed by atoms with Crippen molar-refractivity contribution in [2.75, 3.05) is 26.8 Å². The minimum Gasteiger partial charge on any atom is -0.496 e. The Labute approximate surface area is 281 Å². The molecule has 11 nitrogen and oxygen atoms in total. The second-order valence-electron chi connectivity index (χ2n) is 11.9. The molecule has 49 heavy (non-hydrogen) atoms. The molecular formula is C37H32FN5O6. The molecule has 1 saturated heterocycles. The molecule has 2 atom stereocenters. The zero-order valence-electron chi connectivity index (χ0n) is 26.7. The van der Waals surface area contributed by atoms with Crippen molar-refractivity contribution in [3.8, 4) is 28.4 Å². The number of pyridine rings is 2. The molecule has 0 radical (unpaired) electrons. The number of methoxy groups -OCH3 is 1. The van der Waals surface area contributed by atoms with Crippen LogP contribution in [0.4, 0.5) is 4.39 Å². The topological polar surface area (TPSA) is 132 Å². The van der Waals surface area contributed by atoms with Gasteiger partial charge in [-0.1, -0.05) is 12.1 Å². The van der Waals surface area contributed by atoms with Crippen molar-refractivity contribution in [2.24, 2.45) is 0 Å². The smallest absolute Gasteiger partial charge is 0.258 e. The van der Waals surface area contributed by atoms with Crippen molar-refractivity contribution in [3.05, 3.63) is 113 Å². The quantitative estimate of drug-likeness (QED) is 0.284. The fourth-order valence-electron chi connectivity index (χ4n) is 6.13. The van der Waals surface area contributed by atoms with E-state index in [0.717, 1.165) is 11.1 Å². The van der Waals surface area contributed by atoms with Gasteiger partial charge in [-0.2, -0.15) is 0 Å². The van der Waals surface area contributed by atoms with E-state index in [9.17, 15) is 18.8 Å². The maximum atomic E-state index is 14.1. The van der Waals surface area contributed by atoms with Crippen LogP contribution in [-0.4, -0.2) is 71.5 Å². The molecule has 3 amide bonds. The Bertz CT molecular complexity index is 2100. The van der Waals surface area contributed by atoms with Gasteiger partial charge in [-0.25, -0.2) is 4.39 Å². The minimum absolute atomic E-state index is 0.146. The average Bonchev–Trinajstić information content (AvgIpc) is 3.50. The number of aromatic nitrogens is 2. The maximum absolute atomic E-state index is 14.1. The molecule has 1 fully saturated rings. The standard InChI is InChI=1S/C37H32FN5O6/c1-21-10-30(29-9-7-26(38)13-31(29)41-21)37(46)43-18-32-34(19-43)49-28-8-6-23(33(14-28)47-2)17-40-35(44)20-48-27-5-3-4-22(12-27)24-11-25(16-39-15-24)36(45)42-32/h3-16,32,34H,17-20H2,1-2H3,(H,40,44)(H,42,45)/t32-,34-/m0/s1. The number of rotatable bonds is 2. The van der Waals surface area contributed by atoms with Crippen LogP contribution in [0.3, 0.4) is 0 Å². The fraction of sp³-hybridized carbons (Fsp3) is 0.216.